The number of amides is 2. The molecule has 2 amide bonds. The second-order valence-electron chi connectivity index (χ2n) is 6.98. The summed E-state index contributed by atoms with van der Waals surface area (Å²) in [5.74, 6) is -3.64. The van der Waals surface area contributed by atoms with E-state index in [0.717, 1.165) is 23.7 Å². The maximum atomic E-state index is 12.3. The highest BCUT2D eigenvalue weighted by molar-refractivity contribution is 8.23. The van der Waals surface area contributed by atoms with Gasteiger partial charge in [-0.1, -0.05) is 53.8 Å². The third kappa shape index (κ3) is 11.6. The molecule has 7 N–H and O–H groups in total. The van der Waals surface area contributed by atoms with Gasteiger partial charge in [0.2, 0.25) is 11.8 Å². The monoisotopic (exact) mass is 484 g/mol. The van der Waals surface area contributed by atoms with Gasteiger partial charge in [0.15, 0.2) is 0 Å². The summed E-state index contributed by atoms with van der Waals surface area (Å²) >= 11 is 6.40. The number of carbonyl (C=O) groups is 4. The Kier molecular flexibility index (Phi) is 12.3. The van der Waals surface area contributed by atoms with Crippen LogP contribution in [0.4, 0.5) is 0 Å². The molecule has 176 valence electrons. The summed E-state index contributed by atoms with van der Waals surface area (Å²) in [6.45, 7) is 2.00. The minimum atomic E-state index is -1.23. The van der Waals surface area contributed by atoms with Crippen molar-refractivity contribution >= 4 is 52.1 Å². The Bertz CT molecular complexity index is 819. The van der Waals surface area contributed by atoms with E-state index in [4.69, 9.17) is 28.2 Å². The maximum absolute atomic E-state index is 12.3. The molecule has 0 saturated carbocycles. The molecule has 0 unspecified atom stereocenters. The minimum Gasteiger partial charge on any atom is -0.480 e. The lowest BCUT2D eigenvalue weighted by Gasteiger charge is -2.18. The number of aryl methyl sites for hydroxylation is 1. The number of hydrogen-bond acceptors (Lipinski definition) is 7. The molecular weight excluding hydrogens is 456 g/mol. The van der Waals surface area contributed by atoms with E-state index in [1.807, 2.05) is 31.2 Å². The molecule has 0 spiro atoms. The van der Waals surface area contributed by atoms with Crippen molar-refractivity contribution in [3.05, 3.63) is 35.4 Å². The first kappa shape index (κ1) is 27.3. The highest BCUT2D eigenvalue weighted by atomic mass is 32.2. The Morgan fingerprint density at radius 2 is 1.78 bits per heavy atom. The summed E-state index contributed by atoms with van der Waals surface area (Å²) in [6.07, 6.45) is 0.459. The van der Waals surface area contributed by atoms with Crippen LogP contribution in [-0.2, 0) is 25.6 Å². The fourth-order valence-electron chi connectivity index (χ4n) is 2.42. The van der Waals surface area contributed by atoms with Crippen LogP contribution in [0, 0.1) is 6.92 Å². The van der Waals surface area contributed by atoms with Crippen LogP contribution in [-0.4, -0.2) is 69.2 Å². The third-order valence-electron chi connectivity index (χ3n) is 4.25. The van der Waals surface area contributed by atoms with Crippen molar-refractivity contribution in [3.8, 4) is 0 Å². The van der Waals surface area contributed by atoms with E-state index in [2.05, 4.69) is 16.0 Å². The van der Waals surface area contributed by atoms with Crippen molar-refractivity contribution in [1.29, 1.82) is 0 Å². The van der Waals surface area contributed by atoms with Gasteiger partial charge < -0.3 is 31.9 Å². The molecule has 1 aromatic rings. The summed E-state index contributed by atoms with van der Waals surface area (Å²) in [7, 11) is 0. The van der Waals surface area contributed by atoms with Crippen molar-refractivity contribution in [2.45, 2.75) is 38.3 Å². The van der Waals surface area contributed by atoms with Crippen LogP contribution in [0.5, 0.6) is 0 Å². The Labute approximate surface area is 195 Å². The van der Waals surface area contributed by atoms with Crippen LogP contribution in [0.1, 0.15) is 24.0 Å². The largest absolute Gasteiger partial charge is 0.480 e. The molecule has 0 radical (unpaired) electrons. The Morgan fingerprint density at radius 3 is 2.38 bits per heavy atom. The predicted octanol–water partition coefficient (Wildman–Crippen LogP) is 0.0229. The predicted molar refractivity (Wildman–Crippen MR) is 125 cm³/mol. The molecule has 0 aliphatic heterocycles. The van der Waals surface area contributed by atoms with Gasteiger partial charge >= 0.3 is 11.9 Å². The highest BCUT2D eigenvalue weighted by Crippen LogP contribution is 2.08. The number of carboxylic acids is 2. The van der Waals surface area contributed by atoms with E-state index in [9.17, 15) is 19.2 Å². The zero-order valence-corrected chi connectivity index (χ0v) is 19.3. The normalized spacial score (nSPS) is 12.3. The van der Waals surface area contributed by atoms with Gasteiger partial charge in [0.25, 0.3) is 0 Å². The molecule has 0 aliphatic carbocycles. The van der Waals surface area contributed by atoms with Crippen LogP contribution in [0.3, 0.4) is 0 Å². The van der Waals surface area contributed by atoms with Gasteiger partial charge in [0.1, 0.15) is 22.9 Å². The van der Waals surface area contributed by atoms with E-state index in [1.54, 1.807) is 0 Å². The van der Waals surface area contributed by atoms with Gasteiger partial charge in [0, 0.05) is 18.7 Å². The fourth-order valence-corrected chi connectivity index (χ4v) is 3.48. The summed E-state index contributed by atoms with van der Waals surface area (Å²) in [4.78, 5) is 45.9. The lowest BCUT2D eigenvalue weighted by molar-refractivity contribution is -0.139. The SMILES string of the molecule is Cc1ccc(CCNC(=S)SC[C@H](NC(=O)CC[C@H](N)C(=O)O)C(=O)NCC(=O)O)cc1. The Morgan fingerprint density at radius 1 is 1.12 bits per heavy atom. The van der Waals surface area contributed by atoms with E-state index in [0.29, 0.717) is 10.9 Å². The van der Waals surface area contributed by atoms with Crippen LogP contribution in [0.25, 0.3) is 0 Å². The van der Waals surface area contributed by atoms with E-state index < -0.39 is 42.4 Å². The number of carboxylic acid groups (broad SMARTS) is 2. The number of nitrogens with two attached hydrogens (primary N) is 1. The molecule has 0 fully saturated rings. The molecule has 0 saturated heterocycles. The molecule has 1 aromatic carbocycles. The van der Waals surface area contributed by atoms with Crippen molar-refractivity contribution in [3.63, 3.8) is 0 Å². The van der Waals surface area contributed by atoms with Crippen LogP contribution in [0.2, 0.25) is 0 Å². The smallest absolute Gasteiger partial charge is 0.322 e. The first-order valence-corrected chi connectivity index (χ1v) is 11.2. The minimum absolute atomic E-state index is 0.0680. The number of benzene rings is 1. The number of nitrogens with one attached hydrogen (secondary N) is 3. The molecule has 32 heavy (non-hydrogen) atoms. The maximum Gasteiger partial charge on any atom is 0.322 e. The molecule has 0 bridgehead atoms. The van der Waals surface area contributed by atoms with Gasteiger partial charge in [0.05, 0.1) is 0 Å². The number of thiocarbonyl (C=S) groups is 1. The number of carbonyl (C=O) groups excluding carboxylic acids is 2. The van der Waals surface area contributed by atoms with Crippen molar-refractivity contribution in [2.24, 2.45) is 5.73 Å². The first-order chi connectivity index (χ1) is 15.1. The van der Waals surface area contributed by atoms with Gasteiger partial charge in [-0.15, -0.1) is 0 Å². The number of rotatable bonds is 13. The van der Waals surface area contributed by atoms with Crippen molar-refractivity contribution < 1.29 is 29.4 Å². The highest BCUT2D eigenvalue weighted by Gasteiger charge is 2.23. The van der Waals surface area contributed by atoms with E-state index in [-0.39, 0.29) is 18.6 Å². The number of aliphatic carboxylic acids is 2. The molecule has 0 aliphatic rings. The molecule has 12 heteroatoms. The quantitative estimate of drug-likeness (QED) is 0.210. The summed E-state index contributed by atoms with van der Waals surface area (Å²) in [5, 5.41) is 25.3. The molecule has 0 heterocycles. The number of thioether (sulfide) groups is 1. The molecule has 1 rings (SSSR count). The van der Waals surface area contributed by atoms with Crippen LogP contribution < -0.4 is 21.7 Å². The van der Waals surface area contributed by atoms with Crippen LogP contribution in [0.15, 0.2) is 24.3 Å². The summed E-state index contributed by atoms with van der Waals surface area (Å²) < 4.78 is 0.426. The first-order valence-electron chi connectivity index (χ1n) is 9.82. The van der Waals surface area contributed by atoms with Gasteiger partial charge in [-0.3, -0.25) is 19.2 Å². The molecular formula is C20H28N4O6S2. The summed E-state index contributed by atoms with van der Waals surface area (Å²) in [6, 6.07) is 5.86. The molecule has 0 aromatic heterocycles. The Balaban J connectivity index is 2.53. The van der Waals surface area contributed by atoms with Gasteiger partial charge in [-0.25, -0.2) is 0 Å². The number of hydrogen-bond donors (Lipinski definition) is 6. The van der Waals surface area contributed by atoms with Crippen LogP contribution >= 0.6 is 24.0 Å². The van der Waals surface area contributed by atoms with Crippen molar-refractivity contribution in [2.75, 3.05) is 18.8 Å². The molecule has 10 nitrogen and oxygen atoms in total. The second-order valence-corrected chi connectivity index (χ2v) is 8.67. The fraction of sp³-hybridized carbons (Fsp3) is 0.450. The molecule has 2 atom stereocenters. The standard InChI is InChI=1S/C20H28N4O6S2/c1-12-2-4-13(5-3-12)8-9-22-20(31)32-11-15(18(28)23-10-17(26)27)24-16(25)7-6-14(21)19(29)30/h2-5,14-15H,6-11,21H2,1H3,(H,22,31)(H,23,28)(H,24,25)(H,26,27)(H,29,30)/t14-,15-/m0/s1. The van der Waals surface area contributed by atoms with Gasteiger partial charge in [-0.05, 0) is 25.3 Å². The Hall–Kier alpha value is -2.70. The third-order valence-corrected chi connectivity index (χ3v) is 5.65. The summed E-state index contributed by atoms with van der Waals surface area (Å²) in [5.41, 5.74) is 7.70. The topological polar surface area (TPSA) is 171 Å². The average molecular weight is 485 g/mol. The zero-order chi connectivity index (χ0) is 24.1. The van der Waals surface area contributed by atoms with Crippen molar-refractivity contribution in [1.82, 2.24) is 16.0 Å². The second kappa shape index (κ2) is 14.4. The van der Waals surface area contributed by atoms with Gasteiger partial charge in [-0.2, -0.15) is 0 Å². The zero-order valence-electron chi connectivity index (χ0n) is 17.6. The van der Waals surface area contributed by atoms with E-state index in [1.165, 1.54) is 5.56 Å². The van der Waals surface area contributed by atoms with E-state index >= 15 is 0 Å². The lowest BCUT2D eigenvalue weighted by Crippen LogP contribution is -2.49. The lowest BCUT2D eigenvalue weighted by atomic mass is 10.1. The average Bonchev–Trinajstić information content (AvgIpc) is 2.74.